The fourth-order valence-corrected chi connectivity index (χ4v) is 3.40. The fourth-order valence-electron chi connectivity index (χ4n) is 3.40. The van der Waals surface area contributed by atoms with E-state index in [-0.39, 0.29) is 5.92 Å². The van der Waals surface area contributed by atoms with Crippen molar-refractivity contribution in [2.75, 3.05) is 0 Å². The number of fused-ring (bicyclic) bond motifs is 1. The molecule has 0 saturated carbocycles. The van der Waals surface area contributed by atoms with Crippen molar-refractivity contribution in [1.82, 2.24) is 0 Å². The van der Waals surface area contributed by atoms with Gasteiger partial charge in [0, 0.05) is 5.39 Å². The molecule has 1 aromatic carbocycles. The monoisotopic (exact) mass is 270 g/mol. The maximum absolute atomic E-state index is 10.6. The van der Waals surface area contributed by atoms with Crippen LogP contribution in [0.1, 0.15) is 44.1 Å². The highest BCUT2D eigenvalue weighted by Gasteiger charge is 2.28. The zero-order valence-electron chi connectivity index (χ0n) is 12.4. The first-order valence-electron chi connectivity index (χ1n) is 7.38. The third kappa shape index (κ3) is 2.53. The zero-order chi connectivity index (χ0) is 14.3. The number of aryl methyl sites for hydroxylation is 1. The summed E-state index contributed by atoms with van der Waals surface area (Å²) in [6.07, 6.45) is 3.79. The van der Waals surface area contributed by atoms with E-state index in [1.54, 1.807) is 0 Å². The first kappa shape index (κ1) is 13.4. The first-order valence-corrected chi connectivity index (χ1v) is 7.38. The Hall–Kier alpha value is -1.54. The predicted octanol–water partition coefficient (Wildman–Crippen LogP) is 4.77. The lowest BCUT2D eigenvalue weighted by Crippen LogP contribution is -2.18. The average Bonchev–Trinajstić information content (AvgIpc) is 2.79. The lowest BCUT2D eigenvalue weighted by atomic mass is 9.80. The zero-order valence-corrected chi connectivity index (χ0v) is 12.4. The molecule has 1 aliphatic carbocycles. The molecule has 0 aliphatic heterocycles. The normalized spacial score (nSPS) is 24.7. The number of allylic oxidation sites excluding steroid dienone is 2. The van der Waals surface area contributed by atoms with Crippen LogP contribution in [0.2, 0.25) is 0 Å². The molecule has 2 aromatic rings. The van der Waals surface area contributed by atoms with E-state index in [1.165, 1.54) is 11.1 Å². The molecule has 3 atom stereocenters. The molecule has 3 rings (SSSR count). The Bertz CT molecular complexity index is 650. The molecule has 0 fully saturated rings. The summed E-state index contributed by atoms with van der Waals surface area (Å²) in [5.41, 5.74) is 3.45. The quantitative estimate of drug-likeness (QED) is 0.798. The minimum Gasteiger partial charge on any atom is -0.458 e. The molecule has 0 radical (unpaired) electrons. The number of aliphatic hydroxyl groups is 1. The van der Waals surface area contributed by atoms with Gasteiger partial charge in [-0.25, -0.2) is 0 Å². The largest absolute Gasteiger partial charge is 0.458 e. The minimum atomic E-state index is -0.506. The molecule has 2 nitrogen and oxygen atoms in total. The van der Waals surface area contributed by atoms with E-state index in [4.69, 9.17) is 4.42 Å². The highest BCUT2D eigenvalue weighted by atomic mass is 16.4. The number of aliphatic hydroxyl groups excluding tert-OH is 1. The van der Waals surface area contributed by atoms with Crippen LogP contribution in [0, 0.1) is 18.8 Å². The summed E-state index contributed by atoms with van der Waals surface area (Å²) in [5, 5.41) is 11.7. The van der Waals surface area contributed by atoms with Crippen LogP contribution in [0.4, 0.5) is 0 Å². The van der Waals surface area contributed by atoms with Crippen LogP contribution in [-0.2, 0) is 0 Å². The second-order valence-electron chi connectivity index (χ2n) is 6.33. The Morgan fingerprint density at radius 1 is 1.25 bits per heavy atom. The van der Waals surface area contributed by atoms with Crippen molar-refractivity contribution in [2.24, 2.45) is 11.8 Å². The van der Waals surface area contributed by atoms with Crippen LogP contribution in [0.25, 0.3) is 11.0 Å². The van der Waals surface area contributed by atoms with Crippen molar-refractivity contribution in [3.05, 3.63) is 47.2 Å². The summed E-state index contributed by atoms with van der Waals surface area (Å²) in [5.74, 6) is 1.50. The highest BCUT2D eigenvalue weighted by Crippen LogP contribution is 2.38. The molecule has 2 heteroatoms. The van der Waals surface area contributed by atoms with E-state index in [2.05, 4.69) is 32.9 Å². The van der Waals surface area contributed by atoms with Crippen molar-refractivity contribution in [1.29, 1.82) is 0 Å². The lowest BCUT2D eigenvalue weighted by Gasteiger charge is -2.28. The Morgan fingerprint density at radius 2 is 2.05 bits per heavy atom. The fraction of sp³-hybridized carbons (Fsp3) is 0.444. The van der Waals surface area contributed by atoms with E-state index in [0.29, 0.717) is 11.7 Å². The molecule has 106 valence electrons. The van der Waals surface area contributed by atoms with Crippen molar-refractivity contribution in [3.8, 4) is 0 Å². The van der Waals surface area contributed by atoms with Gasteiger partial charge in [-0.15, -0.1) is 0 Å². The van der Waals surface area contributed by atoms with Gasteiger partial charge >= 0.3 is 0 Å². The van der Waals surface area contributed by atoms with Crippen LogP contribution in [0.3, 0.4) is 0 Å². The second kappa shape index (κ2) is 5.10. The minimum absolute atomic E-state index is 0.261. The van der Waals surface area contributed by atoms with Crippen molar-refractivity contribution < 1.29 is 9.52 Å². The van der Waals surface area contributed by atoms with Gasteiger partial charge in [-0.3, -0.25) is 0 Å². The summed E-state index contributed by atoms with van der Waals surface area (Å²) in [6.45, 7) is 6.43. The Kier molecular flexibility index (Phi) is 3.43. The molecule has 0 saturated heterocycles. The number of rotatable bonds is 2. The molecule has 3 unspecified atom stereocenters. The van der Waals surface area contributed by atoms with Gasteiger partial charge in [-0.05, 0) is 56.7 Å². The van der Waals surface area contributed by atoms with Gasteiger partial charge in [0.25, 0.3) is 0 Å². The third-order valence-electron chi connectivity index (χ3n) is 4.26. The Balaban J connectivity index is 1.88. The Morgan fingerprint density at radius 3 is 2.80 bits per heavy atom. The molecular formula is C18H22O2. The maximum Gasteiger partial charge on any atom is 0.134 e. The summed E-state index contributed by atoms with van der Waals surface area (Å²) in [6, 6.07) is 8.11. The van der Waals surface area contributed by atoms with E-state index in [0.717, 1.165) is 23.8 Å². The smallest absolute Gasteiger partial charge is 0.134 e. The highest BCUT2D eigenvalue weighted by molar-refractivity contribution is 5.78. The number of hydrogen-bond donors (Lipinski definition) is 1. The SMILES string of the molecule is CC1=CC(C)CC(C(O)c2cc3cc(C)ccc3o2)C1. The topological polar surface area (TPSA) is 33.4 Å². The molecular weight excluding hydrogens is 248 g/mol. The van der Waals surface area contributed by atoms with Gasteiger partial charge in [-0.1, -0.05) is 30.2 Å². The molecule has 20 heavy (non-hydrogen) atoms. The molecule has 0 amide bonds. The van der Waals surface area contributed by atoms with Gasteiger partial charge in [0.1, 0.15) is 17.4 Å². The van der Waals surface area contributed by atoms with Crippen LogP contribution >= 0.6 is 0 Å². The first-order chi connectivity index (χ1) is 9.52. The summed E-state index contributed by atoms with van der Waals surface area (Å²) >= 11 is 0. The molecule has 0 spiro atoms. The molecule has 0 bridgehead atoms. The summed E-state index contributed by atoms with van der Waals surface area (Å²) in [4.78, 5) is 0. The Labute approximate surface area is 120 Å². The molecule has 1 aliphatic rings. The number of benzene rings is 1. The van der Waals surface area contributed by atoms with Gasteiger partial charge in [0.15, 0.2) is 0 Å². The molecule has 1 aromatic heterocycles. The van der Waals surface area contributed by atoms with Crippen LogP contribution in [0.5, 0.6) is 0 Å². The molecule has 1 heterocycles. The molecule has 1 N–H and O–H groups in total. The second-order valence-corrected chi connectivity index (χ2v) is 6.33. The predicted molar refractivity (Wildman–Crippen MR) is 81.6 cm³/mol. The standard InChI is InChI=1S/C18H22O2/c1-11-4-5-16-14(7-11)10-17(20-16)18(19)15-8-12(2)6-13(3)9-15/h4-7,10,12,15,18-19H,8-9H2,1-3H3. The van der Waals surface area contributed by atoms with Gasteiger partial charge in [0.2, 0.25) is 0 Å². The maximum atomic E-state index is 10.6. The van der Waals surface area contributed by atoms with E-state index in [9.17, 15) is 5.11 Å². The van der Waals surface area contributed by atoms with Crippen LogP contribution in [-0.4, -0.2) is 5.11 Å². The third-order valence-corrected chi connectivity index (χ3v) is 4.26. The van der Waals surface area contributed by atoms with Gasteiger partial charge in [0.05, 0.1) is 0 Å². The van der Waals surface area contributed by atoms with Crippen LogP contribution in [0.15, 0.2) is 40.3 Å². The average molecular weight is 270 g/mol. The summed E-state index contributed by atoms with van der Waals surface area (Å²) in [7, 11) is 0. The van der Waals surface area contributed by atoms with Gasteiger partial charge < -0.3 is 9.52 Å². The number of hydrogen-bond acceptors (Lipinski definition) is 2. The van der Waals surface area contributed by atoms with Crippen molar-refractivity contribution >= 4 is 11.0 Å². The van der Waals surface area contributed by atoms with E-state index >= 15 is 0 Å². The summed E-state index contributed by atoms with van der Waals surface area (Å²) < 4.78 is 5.84. The lowest BCUT2D eigenvalue weighted by molar-refractivity contribution is 0.0743. The van der Waals surface area contributed by atoms with Crippen molar-refractivity contribution in [3.63, 3.8) is 0 Å². The number of furan rings is 1. The van der Waals surface area contributed by atoms with E-state index < -0.39 is 6.10 Å². The van der Waals surface area contributed by atoms with Crippen LogP contribution < -0.4 is 0 Å². The van der Waals surface area contributed by atoms with Gasteiger partial charge in [-0.2, -0.15) is 0 Å². The van der Waals surface area contributed by atoms with E-state index in [1.807, 2.05) is 18.2 Å². The van der Waals surface area contributed by atoms with Crippen molar-refractivity contribution in [2.45, 2.75) is 39.7 Å².